The molecule has 2 rings (SSSR count). The van der Waals surface area contributed by atoms with Crippen LogP contribution in [0.2, 0.25) is 5.02 Å². The van der Waals surface area contributed by atoms with Crippen molar-refractivity contribution < 1.29 is 19.1 Å². The van der Waals surface area contributed by atoms with Crippen molar-refractivity contribution in [3.05, 3.63) is 39.9 Å². The van der Waals surface area contributed by atoms with E-state index in [0.717, 1.165) is 11.4 Å². The number of esters is 2. The molecule has 1 aliphatic heterocycles. The topological polar surface area (TPSA) is 55.8 Å². The Morgan fingerprint density at radius 1 is 1.13 bits per heavy atom. The molecule has 0 aromatic heterocycles. The van der Waals surface area contributed by atoms with Gasteiger partial charge in [0.05, 0.1) is 18.2 Å². The number of halogens is 1. The van der Waals surface area contributed by atoms with Gasteiger partial charge in [-0.1, -0.05) is 11.6 Å². The van der Waals surface area contributed by atoms with Gasteiger partial charge in [0, 0.05) is 23.0 Å². The number of carbonyl (C=O) groups excluding carboxylic acids is 2. The van der Waals surface area contributed by atoms with E-state index in [4.69, 9.17) is 21.1 Å². The first-order valence-electron chi connectivity index (χ1n) is 7.32. The molecule has 5 nitrogen and oxygen atoms in total. The molecule has 1 aromatic rings. The Kier molecular flexibility index (Phi) is 6.36. The zero-order valence-corrected chi connectivity index (χ0v) is 14.6. The van der Waals surface area contributed by atoms with Gasteiger partial charge >= 0.3 is 11.9 Å². The SMILES string of the molecule is CCOC(=O)C(C(=O)OCC)=C1SCCN1c1ccc(Cl)cc1. The van der Waals surface area contributed by atoms with Crippen LogP contribution in [-0.2, 0) is 19.1 Å². The van der Waals surface area contributed by atoms with Crippen molar-refractivity contribution in [3.8, 4) is 0 Å². The normalized spacial score (nSPS) is 13.9. The molecule has 1 heterocycles. The van der Waals surface area contributed by atoms with E-state index in [1.165, 1.54) is 11.8 Å². The number of thioether (sulfide) groups is 1. The number of rotatable bonds is 5. The summed E-state index contributed by atoms with van der Waals surface area (Å²) in [6.07, 6.45) is 0. The lowest BCUT2D eigenvalue weighted by Gasteiger charge is -2.21. The summed E-state index contributed by atoms with van der Waals surface area (Å²) in [7, 11) is 0. The van der Waals surface area contributed by atoms with Gasteiger partial charge < -0.3 is 14.4 Å². The molecule has 0 radical (unpaired) electrons. The Labute approximate surface area is 144 Å². The molecule has 1 aromatic carbocycles. The smallest absolute Gasteiger partial charge is 0.348 e. The molecule has 124 valence electrons. The molecule has 0 spiro atoms. The van der Waals surface area contributed by atoms with Crippen molar-refractivity contribution in [3.63, 3.8) is 0 Å². The fourth-order valence-corrected chi connectivity index (χ4v) is 3.41. The van der Waals surface area contributed by atoms with E-state index in [1.807, 2.05) is 17.0 Å². The summed E-state index contributed by atoms with van der Waals surface area (Å²) < 4.78 is 10.1. The molecular weight excluding hydrogens is 338 g/mol. The Morgan fingerprint density at radius 3 is 2.22 bits per heavy atom. The molecule has 0 N–H and O–H groups in total. The minimum atomic E-state index is -0.658. The van der Waals surface area contributed by atoms with Crippen molar-refractivity contribution >= 4 is 41.0 Å². The van der Waals surface area contributed by atoms with Crippen LogP contribution in [0.5, 0.6) is 0 Å². The van der Waals surface area contributed by atoms with Crippen molar-refractivity contribution in [2.24, 2.45) is 0 Å². The Morgan fingerprint density at radius 2 is 1.70 bits per heavy atom. The highest BCUT2D eigenvalue weighted by atomic mass is 35.5. The summed E-state index contributed by atoms with van der Waals surface area (Å²) in [5.74, 6) is -0.552. The first kappa shape index (κ1) is 17.7. The van der Waals surface area contributed by atoms with Crippen LogP contribution in [0.4, 0.5) is 5.69 Å². The van der Waals surface area contributed by atoms with E-state index in [0.29, 0.717) is 16.6 Å². The van der Waals surface area contributed by atoms with Crippen LogP contribution >= 0.6 is 23.4 Å². The Balaban J connectivity index is 2.43. The van der Waals surface area contributed by atoms with Crippen LogP contribution in [0.3, 0.4) is 0 Å². The minimum Gasteiger partial charge on any atom is -0.462 e. The monoisotopic (exact) mass is 355 g/mol. The van der Waals surface area contributed by atoms with Crippen LogP contribution in [-0.4, -0.2) is 37.4 Å². The third-order valence-corrected chi connectivity index (χ3v) is 4.45. The van der Waals surface area contributed by atoms with E-state index < -0.39 is 11.9 Å². The maximum atomic E-state index is 12.2. The summed E-state index contributed by atoms with van der Waals surface area (Å²) in [6, 6.07) is 7.24. The van der Waals surface area contributed by atoms with E-state index in [9.17, 15) is 9.59 Å². The van der Waals surface area contributed by atoms with Crippen LogP contribution in [0.15, 0.2) is 34.9 Å². The summed E-state index contributed by atoms with van der Waals surface area (Å²) in [5, 5.41) is 1.19. The molecule has 0 unspecified atom stereocenters. The number of carbonyl (C=O) groups is 2. The van der Waals surface area contributed by atoms with E-state index in [1.54, 1.807) is 26.0 Å². The average Bonchev–Trinajstić information content (AvgIpc) is 2.98. The second-order valence-electron chi connectivity index (χ2n) is 4.60. The molecule has 0 saturated carbocycles. The number of hydrogen-bond donors (Lipinski definition) is 0. The van der Waals surface area contributed by atoms with Crippen LogP contribution in [0, 0.1) is 0 Å². The highest BCUT2D eigenvalue weighted by Gasteiger charge is 2.32. The van der Waals surface area contributed by atoms with Gasteiger partial charge in [-0.25, -0.2) is 9.59 Å². The predicted octanol–water partition coefficient (Wildman–Crippen LogP) is 3.23. The number of benzene rings is 1. The Bertz CT molecular complexity index is 595. The lowest BCUT2D eigenvalue weighted by atomic mass is 10.2. The lowest BCUT2D eigenvalue weighted by molar-refractivity contribution is -0.146. The number of ether oxygens (including phenoxy) is 2. The maximum absolute atomic E-state index is 12.2. The third-order valence-electron chi connectivity index (χ3n) is 3.11. The van der Waals surface area contributed by atoms with Gasteiger partial charge in [-0.05, 0) is 38.1 Å². The quantitative estimate of drug-likeness (QED) is 0.350. The highest BCUT2D eigenvalue weighted by molar-refractivity contribution is 8.03. The van der Waals surface area contributed by atoms with Gasteiger partial charge in [0.25, 0.3) is 0 Å². The second kappa shape index (κ2) is 8.26. The van der Waals surface area contributed by atoms with Gasteiger partial charge in [0.15, 0.2) is 5.57 Å². The first-order valence-corrected chi connectivity index (χ1v) is 8.69. The lowest BCUT2D eigenvalue weighted by Crippen LogP contribution is -2.26. The van der Waals surface area contributed by atoms with Crippen molar-refractivity contribution in [1.29, 1.82) is 0 Å². The molecule has 0 aliphatic carbocycles. The predicted molar refractivity (Wildman–Crippen MR) is 91.5 cm³/mol. The van der Waals surface area contributed by atoms with Gasteiger partial charge in [-0.15, -0.1) is 11.8 Å². The molecule has 0 bridgehead atoms. The standard InChI is InChI=1S/C16H18ClNO4S/c1-3-21-15(19)13(16(20)22-4-2)14-18(9-10-23-14)12-7-5-11(17)6-8-12/h5-8H,3-4,9-10H2,1-2H3. The van der Waals surface area contributed by atoms with Gasteiger partial charge in [0.1, 0.15) is 0 Å². The molecule has 1 saturated heterocycles. The molecule has 0 atom stereocenters. The number of hydrogen-bond acceptors (Lipinski definition) is 6. The number of nitrogens with zero attached hydrogens (tertiary/aromatic N) is 1. The van der Waals surface area contributed by atoms with Crippen LogP contribution in [0.25, 0.3) is 0 Å². The van der Waals surface area contributed by atoms with Crippen molar-refractivity contribution in [1.82, 2.24) is 0 Å². The van der Waals surface area contributed by atoms with Gasteiger partial charge in [-0.3, -0.25) is 0 Å². The number of anilines is 1. The summed E-state index contributed by atoms with van der Waals surface area (Å²) in [5.41, 5.74) is 0.812. The first-order chi connectivity index (χ1) is 11.1. The van der Waals surface area contributed by atoms with Crippen molar-refractivity contribution in [2.75, 3.05) is 30.4 Å². The Hall–Kier alpha value is -1.66. The van der Waals surface area contributed by atoms with Gasteiger partial charge in [0.2, 0.25) is 0 Å². The largest absolute Gasteiger partial charge is 0.462 e. The van der Waals surface area contributed by atoms with E-state index in [2.05, 4.69) is 0 Å². The molecule has 1 aliphatic rings. The molecule has 23 heavy (non-hydrogen) atoms. The fourth-order valence-electron chi connectivity index (χ4n) is 2.15. The van der Waals surface area contributed by atoms with Gasteiger partial charge in [-0.2, -0.15) is 0 Å². The average molecular weight is 356 g/mol. The van der Waals surface area contributed by atoms with Crippen LogP contribution in [0.1, 0.15) is 13.8 Å². The van der Waals surface area contributed by atoms with Crippen LogP contribution < -0.4 is 4.90 Å². The summed E-state index contributed by atoms with van der Waals surface area (Å²) in [6.45, 7) is 4.47. The second-order valence-corrected chi connectivity index (χ2v) is 6.12. The highest BCUT2D eigenvalue weighted by Crippen LogP contribution is 2.36. The molecule has 1 fully saturated rings. The zero-order chi connectivity index (χ0) is 16.8. The molecule has 0 amide bonds. The summed E-state index contributed by atoms with van der Waals surface area (Å²) in [4.78, 5) is 26.4. The molecule has 7 heteroatoms. The maximum Gasteiger partial charge on any atom is 0.348 e. The third kappa shape index (κ3) is 4.20. The fraction of sp³-hybridized carbons (Fsp3) is 0.375. The van der Waals surface area contributed by atoms with Crippen molar-refractivity contribution in [2.45, 2.75) is 13.8 Å². The molecular formula is C16H18ClNO4S. The minimum absolute atomic E-state index is 0.0499. The summed E-state index contributed by atoms with van der Waals surface area (Å²) >= 11 is 7.35. The van der Waals surface area contributed by atoms with E-state index >= 15 is 0 Å². The zero-order valence-electron chi connectivity index (χ0n) is 13.0. The van der Waals surface area contributed by atoms with E-state index in [-0.39, 0.29) is 18.8 Å².